The first kappa shape index (κ1) is 26.2. The molecule has 0 saturated carbocycles. The minimum atomic E-state index is -2.05. The monoisotopic (exact) mass is 556 g/mol. The van der Waals surface area contributed by atoms with Crippen LogP contribution >= 0.6 is 46.6 Å². The highest BCUT2D eigenvalue weighted by molar-refractivity contribution is 7.99. The summed E-state index contributed by atoms with van der Waals surface area (Å²) in [5, 5.41) is 20.8. The Kier molecular flexibility index (Phi) is 8.59. The van der Waals surface area contributed by atoms with Gasteiger partial charge in [-0.25, -0.2) is 0 Å². The molecule has 35 heavy (non-hydrogen) atoms. The third-order valence-corrected chi connectivity index (χ3v) is 7.06. The van der Waals surface area contributed by atoms with Gasteiger partial charge in [-0.15, -0.1) is 10.2 Å². The van der Waals surface area contributed by atoms with Crippen LogP contribution in [-0.2, 0) is 27.9 Å². The quantitative estimate of drug-likeness (QED) is 0.313. The number of hydrogen-bond donors (Lipinski definition) is 2. The lowest BCUT2D eigenvalue weighted by atomic mass is 10.0. The number of aliphatic hydroxyl groups is 1. The second kappa shape index (κ2) is 11.5. The van der Waals surface area contributed by atoms with Crippen molar-refractivity contribution in [3.8, 4) is 0 Å². The molecule has 3 atom stereocenters. The summed E-state index contributed by atoms with van der Waals surface area (Å²) in [7, 11) is 1.89. The van der Waals surface area contributed by atoms with Crippen LogP contribution < -0.4 is 5.32 Å². The maximum Gasteiger partial charge on any atom is 0.276 e. The van der Waals surface area contributed by atoms with E-state index >= 15 is 0 Å². The topological polar surface area (TPSA) is 98.5 Å². The van der Waals surface area contributed by atoms with Crippen LogP contribution in [0.3, 0.4) is 0 Å². The molecule has 0 aliphatic carbocycles. The fourth-order valence-electron chi connectivity index (χ4n) is 3.52. The number of thioether (sulfide) groups is 1. The number of nitrogens with one attached hydrogen (secondary N) is 1. The third kappa shape index (κ3) is 6.89. The van der Waals surface area contributed by atoms with Crippen molar-refractivity contribution >= 4 is 58.2 Å². The highest BCUT2D eigenvalue weighted by Gasteiger charge is 2.33. The summed E-state index contributed by atoms with van der Waals surface area (Å²) in [4.78, 5) is 11.9. The van der Waals surface area contributed by atoms with Crippen molar-refractivity contribution < 1.29 is 19.4 Å². The minimum absolute atomic E-state index is 0.0182. The molecule has 2 aromatic carbocycles. The van der Waals surface area contributed by atoms with E-state index in [4.69, 9.17) is 44.3 Å². The summed E-state index contributed by atoms with van der Waals surface area (Å²) in [5.74, 6) is -0.0812. The van der Waals surface area contributed by atoms with Crippen LogP contribution in [0, 0.1) is 0 Å². The number of carbonyl (C=O) groups excluding carboxylic acids is 1. The molecule has 0 spiro atoms. The molecule has 186 valence electrons. The highest BCUT2D eigenvalue weighted by Crippen LogP contribution is 2.39. The van der Waals surface area contributed by atoms with Gasteiger partial charge in [0.05, 0.1) is 18.8 Å². The molecular formula is C23H23Cl3N4O4S. The zero-order valence-electron chi connectivity index (χ0n) is 18.6. The van der Waals surface area contributed by atoms with E-state index in [2.05, 4.69) is 15.5 Å². The van der Waals surface area contributed by atoms with Crippen LogP contribution in [0.5, 0.6) is 0 Å². The van der Waals surface area contributed by atoms with Gasteiger partial charge in [0.1, 0.15) is 6.33 Å². The Balaban J connectivity index is 1.51. The number of carbonyl (C=O) groups is 1. The Morgan fingerprint density at radius 1 is 1.14 bits per heavy atom. The number of benzene rings is 2. The SMILES string of the molecule is Cn1cnnc1SC[C@@H]1C[C@H](c2ccc(CO)cc2)O[C@H](c2ccc(NC(=O)C(Cl)(Cl)Cl)cc2)O1. The number of ether oxygens (including phenoxy) is 2. The van der Waals surface area contributed by atoms with E-state index in [1.807, 2.05) is 35.9 Å². The number of aliphatic hydroxyl groups excluding tert-OH is 1. The number of aryl methyl sites for hydroxylation is 1. The Labute approximate surface area is 221 Å². The molecular weight excluding hydrogens is 535 g/mol. The fraction of sp³-hybridized carbons (Fsp3) is 0.348. The number of halogens is 3. The number of alkyl halides is 3. The first-order valence-corrected chi connectivity index (χ1v) is 12.8. The molecule has 1 aliphatic rings. The molecule has 1 aromatic heterocycles. The lowest BCUT2D eigenvalue weighted by molar-refractivity contribution is -0.245. The largest absolute Gasteiger partial charge is 0.392 e. The number of nitrogens with zero attached hydrogens (tertiary/aromatic N) is 3. The van der Waals surface area contributed by atoms with Crippen molar-refractivity contribution in [1.82, 2.24) is 14.8 Å². The van der Waals surface area contributed by atoms with Crippen LogP contribution in [0.15, 0.2) is 60.0 Å². The van der Waals surface area contributed by atoms with Crippen molar-refractivity contribution in [2.24, 2.45) is 7.05 Å². The average molecular weight is 558 g/mol. The van der Waals surface area contributed by atoms with Crippen molar-refractivity contribution in [3.05, 3.63) is 71.5 Å². The Morgan fingerprint density at radius 2 is 1.83 bits per heavy atom. The molecule has 4 rings (SSSR count). The van der Waals surface area contributed by atoms with Gasteiger partial charge in [0, 0.05) is 30.5 Å². The van der Waals surface area contributed by atoms with Crippen LogP contribution in [0.1, 0.15) is 35.5 Å². The highest BCUT2D eigenvalue weighted by atomic mass is 35.6. The van der Waals surface area contributed by atoms with Crippen LogP contribution in [0.2, 0.25) is 0 Å². The second-order valence-corrected chi connectivity index (χ2v) is 11.2. The van der Waals surface area contributed by atoms with E-state index in [9.17, 15) is 9.90 Å². The van der Waals surface area contributed by atoms with Gasteiger partial charge in [0.2, 0.25) is 0 Å². The minimum Gasteiger partial charge on any atom is -0.392 e. The summed E-state index contributed by atoms with van der Waals surface area (Å²) in [5.41, 5.74) is 3.09. The normalized spacial score (nSPS) is 20.5. The Hall–Kier alpha value is -1.85. The van der Waals surface area contributed by atoms with E-state index in [0.29, 0.717) is 17.9 Å². The van der Waals surface area contributed by atoms with E-state index in [1.54, 1.807) is 42.4 Å². The number of hydrogen-bond acceptors (Lipinski definition) is 7. The lowest BCUT2D eigenvalue weighted by Crippen LogP contribution is -2.31. The molecule has 1 fully saturated rings. The Morgan fingerprint density at radius 3 is 2.43 bits per heavy atom. The van der Waals surface area contributed by atoms with Gasteiger partial charge in [-0.3, -0.25) is 4.79 Å². The van der Waals surface area contributed by atoms with E-state index in [0.717, 1.165) is 21.8 Å². The molecule has 2 N–H and O–H groups in total. The fourth-order valence-corrected chi connectivity index (χ4v) is 4.57. The number of aromatic nitrogens is 3. The molecule has 1 saturated heterocycles. The van der Waals surface area contributed by atoms with Crippen molar-refractivity contribution in [3.63, 3.8) is 0 Å². The smallest absolute Gasteiger partial charge is 0.276 e. The first-order chi connectivity index (χ1) is 16.7. The first-order valence-electron chi connectivity index (χ1n) is 10.7. The summed E-state index contributed by atoms with van der Waals surface area (Å²) in [6, 6.07) is 14.7. The maximum atomic E-state index is 11.9. The zero-order chi connectivity index (χ0) is 25.0. The van der Waals surface area contributed by atoms with E-state index < -0.39 is 16.0 Å². The predicted octanol–water partition coefficient (Wildman–Crippen LogP) is 4.95. The third-order valence-electron chi connectivity index (χ3n) is 5.38. The summed E-state index contributed by atoms with van der Waals surface area (Å²) in [6.45, 7) is -0.0182. The van der Waals surface area contributed by atoms with Gasteiger partial charge in [0.15, 0.2) is 11.4 Å². The standard InChI is InChI=1S/C23H23Cl3N4O4S/c1-30-13-27-29-22(30)35-12-18-10-19(15-4-2-14(11-31)3-5-15)34-20(33-18)16-6-8-17(9-7-16)28-21(32)23(24,25)26/h2-9,13,18-20,31H,10-12H2,1H3,(H,28,32)/t18-,19+,20+/m0/s1. The van der Waals surface area contributed by atoms with Crippen molar-refractivity contribution in [2.45, 2.75) is 40.5 Å². The summed E-state index contributed by atoms with van der Waals surface area (Å²) in [6.07, 6.45) is 1.34. The molecule has 8 nitrogen and oxygen atoms in total. The van der Waals surface area contributed by atoms with Gasteiger partial charge in [-0.1, -0.05) is 83.0 Å². The number of amides is 1. The predicted molar refractivity (Wildman–Crippen MR) is 136 cm³/mol. The van der Waals surface area contributed by atoms with Crippen LogP contribution in [0.4, 0.5) is 5.69 Å². The second-order valence-electron chi connectivity index (χ2n) is 7.96. The molecule has 12 heteroatoms. The van der Waals surface area contributed by atoms with Gasteiger partial charge < -0.3 is 24.5 Å². The molecule has 3 aromatic rings. The van der Waals surface area contributed by atoms with E-state index in [-0.39, 0.29) is 18.8 Å². The molecule has 0 radical (unpaired) electrons. The Bertz CT molecular complexity index is 1140. The average Bonchev–Trinajstić information content (AvgIpc) is 3.27. The van der Waals surface area contributed by atoms with Gasteiger partial charge >= 0.3 is 0 Å². The van der Waals surface area contributed by atoms with Crippen molar-refractivity contribution in [1.29, 1.82) is 0 Å². The van der Waals surface area contributed by atoms with E-state index in [1.165, 1.54) is 0 Å². The summed E-state index contributed by atoms with van der Waals surface area (Å²) >= 11 is 18.4. The zero-order valence-corrected chi connectivity index (χ0v) is 21.7. The number of rotatable bonds is 7. The van der Waals surface area contributed by atoms with Gasteiger partial charge in [-0.2, -0.15) is 0 Å². The molecule has 1 amide bonds. The number of anilines is 1. The maximum absolute atomic E-state index is 11.9. The van der Waals surface area contributed by atoms with Gasteiger partial charge in [-0.05, 0) is 23.3 Å². The molecule has 1 aliphatic heterocycles. The molecule has 2 heterocycles. The molecule has 0 unspecified atom stereocenters. The van der Waals surface area contributed by atoms with Gasteiger partial charge in [0.25, 0.3) is 9.70 Å². The van der Waals surface area contributed by atoms with Crippen molar-refractivity contribution in [2.75, 3.05) is 11.1 Å². The van der Waals surface area contributed by atoms with Crippen LogP contribution in [0.25, 0.3) is 0 Å². The lowest BCUT2D eigenvalue weighted by Gasteiger charge is -2.36. The molecule has 0 bridgehead atoms. The summed E-state index contributed by atoms with van der Waals surface area (Å²) < 4.78 is 12.4. The van der Waals surface area contributed by atoms with Crippen LogP contribution in [-0.4, -0.2) is 41.4 Å².